The minimum absolute atomic E-state index is 0.0934. The van der Waals surface area contributed by atoms with Crippen molar-refractivity contribution in [3.63, 3.8) is 0 Å². The number of nitro groups is 1. The lowest BCUT2D eigenvalue weighted by Crippen LogP contribution is -1.86. The van der Waals surface area contributed by atoms with E-state index in [0.29, 0.717) is 5.13 Å². The molecule has 0 saturated heterocycles. The number of nitro benzene ring substituents is 1. The van der Waals surface area contributed by atoms with Gasteiger partial charge in [0.1, 0.15) is 0 Å². The maximum atomic E-state index is 10.5. The number of non-ortho nitro benzene ring substituents is 1. The van der Waals surface area contributed by atoms with Gasteiger partial charge in [-0.05, 0) is 17.7 Å². The van der Waals surface area contributed by atoms with Crippen molar-refractivity contribution in [2.75, 3.05) is 11.5 Å². The number of nitrogens with zero attached hydrogens (tertiary/aromatic N) is 3. The predicted octanol–water partition coefficient (Wildman–Crippen LogP) is 2.83. The van der Waals surface area contributed by atoms with Gasteiger partial charge in [-0.2, -0.15) is 0 Å². The number of rotatable bonds is 5. The van der Waals surface area contributed by atoms with Crippen LogP contribution in [0, 0.1) is 10.1 Å². The number of anilines is 1. The first-order valence-electron chi connectivity index (χ1n) is 5.28. The number of aromatic nitrogens is 2. The Kier molecular flexibility index (Phi) is 4.48. The molecule has 0 aliphatic carbocycles. The zero-order valence-electron chi connectivity index (χ0n) is 9.72. The highest BCUT2D eigenvalue weighted by Gasteiger charge is 2.02. The van der Waals surface area contributed by atoms with E-state index >= 15 is 0 Å². The van der Waals surface area contributed by atoms with Crippen LogP contribution in [0.3, 0.4) is 0 Å². The molecular weight excluding hydrogens is 284 g/mol. The molecule has 2 rings (SSSR count). The minimum Gasteiger partial charge on any atom is -0.374 e. The van der Waals surface area contributed by atoms with Crippen LogP contribution >= 0.6 is 23.1 Å². The molecule has 2 N–H and O–H groups in total. The number of thioether (sulfide) groups is 1. The summed E-state index contributed by atoms with van der Waals surface area (Å²) in [4.78, 5) is 10.1. The molecule has 19 heavy (non-hydrogen) atoms. The van der Waals surface area contributed by atoms with E-state index < -0.39 is 4.92 Å². The third-order valence-electron chi connectivity index (χ3n) is 2.14. The molecule has 0 aliphatic heterocycles. The van der Waals surface area contributed by atoms with Gasteiger partial charge in [-0.25, -0.2) is 0 Å². The quantitative estimate of drug-likeness (QED) is 0.517. The number of nitrogen functional groups attached to an aromatic ring is 1. The lowest BCUT2D eigenvalue weighted by Gasteiger charge is -1.93. The van der Waals surface area contributed by atoms with Gasteiger partial charge in [0.25, 0.3) is 5.69 Å². The summed E-state index contributed by atoms with van der Waals surface area (Å²) in [6.07, 6.45) is 3.87. The fourth-order valence-electron chi connectivity index (χ4n) is 1.29. The molecule has 0 spiro atoms. The molecule has 0 unspecified atom stereocenters. The van der Waals surface area contributed by atoms with E-state index in [2.05, 4.69) is 10.2 Å². The summed E-state index contributed by atoms with van der Waals surface area (Å²) in [5.74, 6) is 0.742. The van der Waals surface area contributed by atoms with Gasteiger partial charge in [-0.1, -0.05) is 35.3 Å². The van der Waals surface area contributed by atoms with Gasteiger partial charge >= 0.3 is 0 Å². The van der Waals surface area contributed by atoms with Crippen molar-refractivity contribution in [2.45, 2.75) is 4.34 Å². The second-order valence-electron chi connectivity index (χ2n) is 3.47. The molecule has 1 heterocycles. The van der Waals surface area contributed by atoms with Crippen LogP contribution in [0.25, 0.3) is 6.08 Å². The molecule has 0 amide bonds. The lowest BCUT2D eigenvalue weighted by atomic mass is 10.2. The molecule has 0 saturated carbocycles. The van der Waals surface area contributed by atoms with Crippen LogP contribution in [-0.4, -0.2) is 20.9 Å². The Balaban J connectivity index is 1.86. The summed E-state index contributed by atoms with van der Waals surface area (Å²) < 4.78 is 0.825. The highest BCUT2D eigenvalue weighted by Crippen LogP contribution is 2.23. The molecule has 1 aromatic carbocycles. The maximum absolute atomic E-state index is 10.5. The van der Waals surface area contributed by atoms with Crippen LogP contribution in [0.2, 0.25) is 0 Å². The zero-order valence-corrected chi connectivity index (χ0v) is 11.4. The van der Waals surface area contributed by atoms with E-state index in [-0.39, 0.29) is 5.69 Å². The van der Waals surface area contributed by atoms with Gasteiger partial charge in [-0.15, -0.1) is 10.2 Å². The molecule has 98 valence electrons. The summed E-state index contributed by atoms with van der Waals surface area (Å²) in [5.41, 5.74) is 6.48. The third kappa shape index (κ3) is 4.04. The predicted molar refractivity (Wildman–Crippen MR) is 77.2 cm³/mol. The van der Waals surface area contributed by atoms with Gasteiger partial charge in [0.15, 0.2) is 4.34 Å². The van der Waals surface area contributed by atoms with Crippen molar-refractivity contribution in [1.29, 1.82) is 0 Å². The van der Waals surface area contributed by atoms with E-state index in [4.69, 9.17) is 5.73 Å². The summed E-state index contributed by atoms with van der Waals surface area (Å²) >= 11 is 2.89. The third-order valence-corrected chi connectivity index (χ3v) is 3.98. The molecule has 6 nitrogen and oxygen atoms in total. The Labute approximate surface area is 117 Å². The summed E-state index contributed by atoms with van der Waals surface area (Å²) in [6, 6.07) is 6.39. The van der Waals surface area contributed by atoms with Gasteiger partial charge < -0.3 is 5.73 Å². The molecule has 2 aromatic rings. The second kappa shape index (κ2) is 6.30. The SMILES string of the molecule is Nc1nnc(SC/C=C/c2ccc([N+](=O)[O-])cc2)s1. The first-order valence-corrected chi connectivity index (χ1v) is 7.08. The summed E-state index contributed by atoms with van der Waals surface area (Å²) in [7, 11) is 0. The standard InChI is InChI=1S/C11H10N4O2S2/c12-10-13-14-11(19-10)18-7-1-2-8-3-5-9(6-4-8)15(16)17/h1-6H,7H2,(H2,12,13)/b2-1+. The van der Waals surface area contributed by atoms with Gasteiger partial charge in [0.2, 0.25) is 5.13 Å². The van der Waals surface area contributed by atoms with Crippen molar-refractivity contribution < 1.29 is 4.92 Å². The second-order valence-corrected chi connectivity index (χ2v) is 5.74. The molecule has 0 bridgehead atoms. The molecule has 0 atom stereocenters. The number of hydrogen-bond donors (Lipinski definition) is 1. The summed E-state index contributed by atoms with van der Waals surface area (Å²) in [5, 5.41) is 18.6. The zero-order chi connectivity index (χ0) is 13.7. The fourth-order valence-corrected chi connectivity index (χ4v) is 2.76. The van der Waals surface area contributed by atoms with E-state index in [1.807, 2.05) is 12.2 Å². The van der Waals surface area contributed by atoms with Crippen molar-refractivity contribution in [2.24, 2.45) is 0 Å². The van der Waals surface area contributed by atoms with E-state index in [1.54, 1.807) is 12.1 Å². The average Bonchev–Trinajstić information content (AvgIpc) is 2.81. The summed E-state index contributed by atoms with van der Waals surface area (Å²) in [6.45, 7) is 0. The van der Waals surface area contributed by atoms with Gasteiger partial charge in [-0.3, -0.25) is 10.1 Å². The van der Waals surface area contributed by atoms with Gasteiger partial charge in [0.05, 0.1) is 4.92 Å². The monoisotopic (exact) mass is 294 g/mol. The van der Waals surface area contributed by atoms with Crippen LogP contribution in [0.1, 0.15) is 5.56 Å². The van der Waals surface area contributed by atoms with E-state index in [0.717, 1.165) is 15.7 Å². The Morgan fingerprint density at radius 2 is 2.11 bits per heavy atom. The van der Waals surface area contributed by atoms with Crippen LogP contribution < -0.4 is 5.73 Å². The smallest absolute Gasteiger partial charge is 0.269 e. The highest BCUT2D eigenvalue weighted by atomic mass is 32.2. The van der Waals surface area contributed by atoms with Crippen molar-refractivity contribution in [3.05, 3.63) is 46.0 Å². The fraction of sp³-hybridized carbons (Fsp3) is 0.0909. The largest absolute Gasteiger partial charge is 0.374 e. The average molecular weight is 294 g/mol. The Morgan fingerprint density at radius 1 is 1.37 bits per heavy atom. The van der Waals surface area contributed by atoms with Crippen LogP contribution in [0.4, 0.5) is 10.8 Å². The number of hydrogen-bond acceptors (Lipinski definition) is 7. The van der Waals surface area contributed by atoms with Gasteiger partial charge in [0, 0.05) is 17.9 Å². The first-order chi connectivity index (χ1) is 9.15. The van der Waals surface area contributed by atoms with Crippen LogP contribution in [-0.2, 0) is 0 Å². The topological polar surface area (TPSA) is 94.9 Å². The molecule has 0 radical (unpaired) electrons. The molecular formula is C11H10N4O2S2. The first kappa shape index (κ1) is 13.5. The van der Waals surface area contributed by atoms with Crippen molar-refractivity contribution >= 4 is 40.0 Å². The van der Waals surface area contributed by atoms with E-state index in [1.165, 1.54) is 35.2 Å². The number of benzene rings is 1. The number of nitrogens with two attached hydrogens (primary N) is 1. The Bertz CT molecular complexity index is 595. The molecule has 8 heteroatoms. The van der Waals surface area contributed by atoms with E-state index in [9.17, 15) is 10.1 Å². The maximum Gasteiger partial charge on any atom is 0.269 e. The Hall–Kier alpha value is -1.93. The van der Waals surface area contributed by atoms with Crippen LogP contribution in [0.5, 0.6) is 0 Å². The molecule has 0 aliphatic rings. The molecule has 0 fully saturated rings. The minimum atomic E-state index is -0.413. The Morgan fingerprint density at radius 3 is 2.68 bits per heavy atom. The van der Waals surface area contributed by atoms with Crippen LogP contribution in [0.15, 0.2) is 34.7 Å². The molecule has 1 aromatic heterocycles. The highest BCUT2D eigenvalue weighted by molar-refractivity contribution is 8.01. The van der Waals surface area contributed by atoms with Crippen molar-refractivity contribution in [1.82, 2.24) is 10.2 Å². The van der Waals surface area contributed by atoms with Crippen molar-refractivity contribution in [3.8, 4) is 0 Å². The lowest BCUT2D eigenvalue weighted by molar-refractivity contribution is -0.384. The normalized spacial score (nSPS) is 10.9.